The summed E-state index contributed by atoms with van der Waals surface area (Å²) in [5.41, 5.74) is 3.37. The van der Waals surface area contributed by atoms with Crippen molar-refractivity contribution >= 4 is 31.4 Å². The van der Waals surface area contributed by atoms with Crippen LogP contribution in [0.5, 0.6) is 0 Å². The second-order valence-electron chi connectivity index (χ2n) is 7.30. The Morgan fingerprint density at radius 3 is 2.67 bits per heavy atom. The summed E-state index contributed by atoms with van der Waals surface area (Å²) in [6.07, 6.45) is 4.14. The zero-order valence-electron chi connectivity index (χ0n) is 16.7. The number of nitrogens with zero attached hydrogens (tertiary/aromatic N) is 2. The van der Waals surface area contributed by atoms with Crippen molar-refractivity contribution < 1.29 is 17.9 Å². The van der Waals surface area contributed by atoms with Crippen LogP contribution in [0, 0.1) is 6.92 Å². The fourth-order valence-electron chi connectivity index (χ4n) is 3.43. The maximum absolute atomic E-state index is 12.5. The van der Waals surface area contributed by atoms with Crippen LogP contribution < -0.4 is 0 Å². The molecule has 2 aromatic carbocycles. The van der Waals surface area contributed by atoms with Crippen molar-refractivity contribution in [3.05, 3.63) is 76.6 Å². The van der Waals surface area contributed by atoms with Crippen LogP contribution >= 0.6 is 11.3 Å². The summed E-state index contributed by atoms with van der Waals surface area (Å²) >= 11 is 1.60. The molecular formula is C22H22N2O4S2. The number of thiophene rings is 1. The minimum atomic E-state index is -3.43. The van der Waals surface area contributed by atoms with Gasteiger partial charge in [0.05, 0.1) is 19.1 Å². The van der Waals surface area contributed by atoms with Gasteiger partial charge in [-0.05, 0) is 35.6 Å². The van der Waals surface area contributed by atoms with Crippen LogP contribution in [0.25, 0.3) is 21.4 Å². The first-order valence-corrected chi connectivity index (χ1v) is 12.1. The lowest BCUT2D eigenvalue weighted by Gasteiger charge is -2.20. The Morgan fingerprint density at radius 2 is 1.97 bits per heavy atom. The molecule has 2 aromatic heterocycles. The van der Waals surface area contributed by atoms with Gasteiger partial charge in [-0.2, -0.15) is 4.31 Å². The molecule has 156 valence electrons. The molecule has 4 rings (SSSR count). The zero-order chi connectivity index (χ0) is 21.3. The summed E-state index contributed by atoms with van der Waals surface area (Å²) in [7, 11) is -3.43. The fraction of sp³-hybridized carbons (Fsp3) is 0.227. The average molecular weight is 443 g/mol. The molecule has 4 aromatic rings. The van der Waals surface area contributed by atoms with Gasteiger partial charge in [0.15, 0.2) is 12.2 Å². The van der Waals surface area contributed by atoms with Gasteiger partial charge in [-0.25, -0.2) is 13.4 Å². The van der Waals surface area contributed by atoms with Crippen LogP contribution in [-0.2, 0) is 29.7 Å². The first-order chi connectivity index (χ1) is 14.3. The molecule has 0 bridgehead atoms. The van der Waals surface area contributed by atoms with Gasteiger partial charge in [-0.15, -0.1) is 11.3 Å². The third kappa shape index (κ3) is 4.46. The molecule has 1 N–H and O–H groups in total. The third-order valence-corrected chi connectivity index (χ3v) is 7.22. The second kappa shape index (κ2) is 8.31. The van der Waals surface area contributed by atoms with Crippen molar-refractivity contribution in [1.82, 2.24) is 9.29 Å². The Kier molecular flexibility index (Phi) is 5.75. The Morgan fingerprint density at radius 1 is 1.13 bits per heavy atom. The minimum absolute atomic E-state index is 0.182. The molecule has 0 fully saturated rings. The SMILES string of the molecule is Cc1ccc2sc(CN(Cc3ccc(-c4cnco4)c(CO)c3)S(C)(=O)=O)cc2c1. The molecule has 0 aliphatic rings. The van der Waals surface area contributed by atoms with Crippen molar-refractivity contribution in [3.63, 3.8) is 0 Å². The van der Waals surface area contributed by atoms with E-state index in [-0.39, 0.29) is 13.2 Å². The molecule has 0 atom stereocenters. The van der Waals surface area contributed by atoms with E-state index in [0.717, 1.165) is 26.1 Å². The Hall–Kier alpha value is -2.52. The number of hydrogen-bond donors (Lipinski definition) is 1. The largest absolute Gasteiger partial charge is 0.444 e. The molecule has 8 heteroatoms. The maximum Gasteiger partial charge on any atom is 0.211 e. The number of sulfonamides is 1. The number of aliphatic hydroxyl groups is 1. The molecule has 2 heterocycles. The molecular weight excluding hydrogens is 420 g/mol. The maximum atomic E-state index is 12.5. The zero-order valence-corrected chi connectivity index (χ0v) is 18.3. The second-order valence-corrected chi connectivity index (χ2v) is 10.5. The molecule has 0 unspecified atom stereocenters. The van der Waals surface area contributed by atoms with Crippen LogP contribution in [0.2, 0.25) is 0 Å². The summed E-state index contributed by atoms with van der Waals surface area (Å²) in [6.45, 7) is 2.38. The third-order valence-electron chi connectivity index (χ3n) is 4.92. The Bertz CT molecular complexity index is 1280. The average Bonchev–Trinajstić information content (AvgIpc) is 3.36. The van der Waals surface area contributed by atoms with Gasteiger partial charge in [0.25, 0.3) is 0 Å². The molecule has 30 heavy (non-hydrogen) atoms. The first kappa shape index (κ1) is 20.7. The molecule has 0 aliphatic heterocycles. The van der Waals surface area contributed by atoms with E-state index < -0.39 is 10.0 Å². The summed E-state index contributed by atoms with van der Waals surface area (Å²) in [5, 5.41) is 10.9. The van der Waals surface area contributed by atoms with Crippen molar-refractivity contribution in [3.8, 4) is 11.3 Å². The van der Waals surface area contributed by atoms with E-state index in [1.165, 1.54) is 22.5 Å². The van der Waals surface area contributed by atoms with Crippen LogP contribution in [0.3, 0.4) is 0 Å². The van der Waals surface area contributed by atoms with Gasteiger partial charge < -0.3 is 9.52 Å². The van der Waals surface area contributed by atoms with Crippen molar-refractivity contribution in [2.75, 3.05) is 6.26 Å². The van der Waals surface area contributed by atoms with Gasteiger partial charge >= 0.3 is 0 Å². The predicted octanol–water partition coefficient (Wildman–Crippen LogP) is 4.32. The normalized spacial score (nSPS) is 12.1. The number of hydrogen-bond acceptors (Lipinski definition) is 6. The molecule has 6 nitrogen and oxygen atoms in total. The molecule has 0 aliphatic carbocycles. The number of oxazole rings is 1. The quantitative estimate of drug-likeness (QED) is 0.461. The lowest BCUT2D eigenvalue weighted by atomic mass is 10.0. The monoisotopic (exact) mass is 442 g/mol. The summed E-state index contributed by atoms with van der Waals surface area (Å²) < 4.78 is 32.9. The van der Waals surface area contributed by atoms with E-state index in [2.05, 4.69) is 29.2 Å². The highest BCUT2D eigenvalue weighted by molar-refractivity contribution is 7.88. The number of aromatic nitrogens is 1. The Balaban J connectivity index is 1.61. The summed E-state index contributed by atoms with van der Waals surface area (Å²) in [6, 6.07) is 13.8. The standard InChI is InChI=1S/C22H22N2O4S2/c1-15-3-6-22-17(7-15)9-19(29-22)12-24(30(2,26)27)11-16-4-5-20(18(8-16)13-25)21-10-23-14-28-21/h3-10,14,25H,11-13H2,1-2H3. The smallest absolute Gasteiger partial charge is 0.211 e. The van der Waals surface area contributed by atoms with Crippen LogP contribution in [0.1, 0.15) is 21.6 Å². The first-order valence-electron chi connectivity index (χ1n) is 9.39. The summed E-state index contributed by atoms with van der Waals surface area (Å²) in [5.74, 6) is 0.561. The Labute approximate surface area is 179 Å². The van der Waals surface area contributed by atoms with E-state index in [4.69, 9.17) is 4.42 Å². The lowest BCUT2D eigenvalue weighted by Crippen LogP contribution is -2.28. The van der Waals surface area contributed by atoms with Crippen molar-refractivity contribution in [1.29, 1.82) is 0 Å². The van der Waals surface area contributed by atoms with Crippen LogP contribution in [0.4, 0.5) is 0 Å². The number of aryl methyl sites for hydroxylation is 1. The van der Waals surface area contributed by atoms with E-state index in [1.807, 2.05) is 25.1 Å². The van der Waals surface area contributed by atoms with Gasteiger partial charge in [-0.1, -0.05) is 35.9 Å². The number of benzene rings is 2. The van der Waals surface area contributed by atoms with Crippen LogP contribution in [-0.4, -0.2) is 29.1 Å². The molecule has 0 radical (unpaired) electrons. The van der Waals surface area contributed by atoms with Gasteiger partial charge in [0.2, 0.25) is 10.0 Å². The van der Waals surface area contributed by atoms with E-state index in [1.54, 1.807) is 17.5 Å². The predicted molar refractivity (Wildman–Crippen MR) is 119 cm³/mol. The number of rotatable bonds is 7. The van der Waals surface area contributed by atoms with E-state index in [0.29, 0.717) is 17.9 Å². The highest BCUT2D eigenvalue weighted by Gasteiger charge is 2.20. The van der Waals surface area contributed by atoms with Gasteiger partial charge in [0, 0.05) is 28.2 Å². The number of aliphatic hydroxyl groups excluding tert-OH is 1. The number of fused-ring (bicyclic) bond motifs is 1. The van der Waals surface area contributed by atoms with E-state index >= 15 is 0 Å². The highest BCUT2D eigenvalue weighted by Crippen LogP contribution is 2.29. The highest BCUT2D eigenvalue weighted by atomic mass is 32.2. The topological polar surface area (TPSA) is 83.6 Å². The van der Waals surface area contributed by atoms with Crippen LogP contribution in [0.15, 0.2) is 59.5 Å². The van der Waals surface area contributed by atoms with Crippen molar-refractivity contribution in [2.45, 2.75) is 26.6 Å². The molecule has 0 amide bonds. The van der Waals surface area contributed by atoms with E-state index in [9.17, 15) is 13.5 Å². The van der Waals surface area contributed by atoms with Gasteiger partial charge in [0.1, 0.15) is 0 Å². The van der Waals surface area contributed by atoms with Crippen molar-refractivity contribution in [2.24, 2.45) is 0 Å². The fourth-order valence-corrected chi connectivity index (χ4v) is 5.33. The van der Waals surface area contributed by atoms with Gasteiger partial charge in [-0.3, -0.25) is 0 Å². The summed E-state index contributed by atoms with van der Waals surface area (Å²) in [4.78, 5) is 4.90. The molecule has 0 saturated carbocycles. The molecule has 0 spiro atoms. The molecule has 0 saturated heterocycles. The minimum Gasteiger partial charge on any atom is -0.444 e. The lowest BCUT2D eigenvalue weighted by molar-refractivity contribution is 0.282.